The van der Waals surface area contributed by atoms with Crippen molar-refractivity contribution in [2.45, 2.75) is 46.1 Å². The Morgan fingerprint density at radius 1 is 1.31 bits per heavy atom. The van der Waals surface area contributed by atoms with Gasteiger partial charge in [-0.15, -0.1) is 0 Å². The lowest BCUT2D eigenvalue weighted by Crippen LogP contribution is -2.46. The zero-order chi connectivity index (χ0) is 18.3. The average molecular weight is 355 g/mol. The maximum atomic E-state index is 13.4. The third-order valence-electron chi connectivity index (χ3n) is 5.78. The largest absolute Gasteiger partial charge is 0.336 e. The summed E-state index contributed by atoms with van der Waals surface area (Å²) in [5.41, 5.74) is 1.42. The fourth-order valence-electron chi connectivity index (χ4n) is 4.14. The molecule has 0 bridgehead atoms. The first kappa shape index (κ1) is 17.5. The molecule has 1 unspecified atom stereocenters. The summed E-state index contributed by atoms with van der Waals surface area (Å²) in [6.45, 7) is 10.4. The van der Waals surface area contributed by atoms with Gasteiger partial charge in [-0.2, -0.15) is 0 Å². The summed E-state index contributed by atoms with van der Waals surface area (Å²) in [6.07, 6.45) is 7.38. The van der Waals surface area contributed by atoms with E-state index in [0.717, 1.165) is 37.7 Å². The zero-order valence-electron chi connectivity index (χ0n) is 16.1. The van der Waals surface area contributed by atoms with Crippen LogP contribution in [0.4, 0.5) is 0 Å². The molecule has 1 amide bonds. The highest BCUT2D eigenvalue weighted by Gasteiger charge is 2.34. The Labute approximate surface area is 155 Å². The van der Waals surface area contributed by atoms with Crippen LogP contribution in [0.2, 0.25) is 0 Å². The lowest BCUT2D eigenvalue weighted by Gasteiger charge is -2.34. The first-order valence-corrected chi connectivity index (χ1v) is 9.87. The fourth-order valence-corrected chi connectivity index (χ4v) is 4.14. The molecule has 0 spiro atoms. The second-order valence-electron chi connectivity index (χ2n) is 8.19. The Balaban J connectivity index is 1.59. The second-order valence-corrected chi connectivity index (χ2v) is 8.19. The van der Waals surface area contributed by atoms with E-state index in [1.54, 1.807) is 6.20 Å². The van der Waals surface area contributed by atoms with Crippen molar-refractivity contribution in [1.82, 2.24) is 24.2 Å². The third kappa shape index (κ3) is 3.34. The fraction of sp³-hybridized carbons (Fsp3) is 0.650. The minimum Gasteiger partial charge on any atom is -0.336 e. The molecule has 2 aliphatic rings. The van der Waals surface area contributed by atoms with Gasteiger partial charge in [-0.05, 0) is 44.1 Å². The summed E-state index contributed by atoms with van der Waals surface area (Å²) in [6, 6.07) is 2.28. The molecule has 0 aromatic carbocycles. The van der Waals surface area contributed by atoms with E-state index < -0.39 is 0 Å². The van der Waals surface area contributed by atoms with Crippen LogP contribution >= 0.6 is 0 Å². The minimum absolute atomic E-state index is 0.0851. The highest BCUT2D eigenvalue weighted by Crippen LogP contribution is 2.32. The van der Waals surface area contributed by atoms with E-state index in [-0.39, 0.29) is 5.91 Å². The highest BCUT2D eigenvalue weighted by molar-refractivity contribution is 5.94. The van der Waals surface area contributed by atoms with Crippen LogP contribution in [0.15, 0.2) is 18.5 Å². The van der Waals surface area contributed by atoms with Gasteiger partial charge < -0.3 is 4.90 Å². The molecular formula is C20H29N5O. The molecule has 1 saturated carbocycles. The summed E-state index contributed by atoms with van der Waals surface area (Å²) in [5.74, 6) is 2.10. The van der Waals surface area contributed by atoms with Crippen molar-refractivity contribution in [2.75, 3.05) is 26.2 Å². The number of amides is 1. The SMILES string of the molecule is Cc1nc2ncccn2c1C(=O)N1CCCN(CC2CC2)C(C(C)C)C1. The highest BCUT2D eigenvalue weighted by atomic mass is 16.2. The van der Waals surface area contributed by atoms with Crippen molar-refractivity contribution in [3.63, 3.8) is 0 Å². The van der Waals surface area contributed by atoms with Gasteiger partial charge in [0.2, 0.25) is 5.78 Å². The molecule has 26 heavy (non-hydrogen) atoms. The maximum Gasteiger partial charge on any atom is 0.272 e. The van der Waals surface area contributed by atoms with Gasteiger partial charge in [0.1, 0.15) is 5.69 Å². The van der Waals surface area contributed by atoms with Gasteiger partial charge in [0, 0.05) is 44.6 Å². The Morgan fingerprint density at radius 2 is 2.12 bits per heavy atom. The molecule has 6 nitrogen and oxygen atoms in total. The van der Waals surface area contributed by atoms with Gasteiger partial charge in [0.05, 0.1) is 5.69 Å². The Morgan fingerprint density at radius 3 is 2.85 bits per heavy atom. The smallest absolute Gasteiger partial charge is 0.272 e. The average Bonchev–Trinajstić information content (AvgIpc) is 3.39. The number of carbonyl (C=O) groups is 1. The molecular weight excluding hydrogens is 326 g/mol. The molecule has 3 heterocycles. The minimum atomic E-state index is 0.0851. The molecule has 1 atom stereocenters. The molecule has 4 rings (SSSR count). The topological polar surface area (TPSA) is 53.7 Å². The molecule has 140 valence electrons. The summed E-state index contributed by atoms with van der Waals surface area (Å²) >= 11 is 0. The molecule has 1 aliphatic carbocycles. The van der Waals surface area contributed by atoms with E-state index in [2.05, 4.69) is 28.7 Å². The van der Waals surface area contributed by atoms with Gasteiger partial charge in [-0.1, -0.05) is 13.8 Å². The summed E-state index contributed by atoms with van der Waals surface area (Å²) in [5, 5.41) is 0. The number of hydrogen-bond acceptors (Lipinski definition) is 4. The van der Waals surface area contributed by atoms with Crippen LogP contribution in [0.1, 0.15) is 49.3 Å². The quantitative estimate of drug-likeness (QED) is 0.846. The second kappa shape index (κ2) is 6.99. The normalized spacial score (nSPS) is 22.2. The Bertz CT molecular complexity index is 795. The van der Waals surface area contributed by atoms with Crippen molar-refractivity contribution in [3.05, 3.63) is 29.8 Å². The van der Waals surface area contributed by atoms with Gasteiger partial charge in [-0.3, -0.25) is 14.1 Å². The number of carbonyl (C=O) groups excluding carboxylic acids is 1. The first-order chi connectivity index (χ1) is 12.5. The van der Waals surface area contributed by atoms with E-state index in [9.17, 15) is 4.79 Å². The lowest BCUT2D eigenvalue weighted by molar-refractivity contribution is 0.0697. The molecule has 2 aromatic heterocycles. The third-order valence-corrected chi connectivity index (χ3v) is 5.78. The van der Waals surface area contributed by atoms with Crippen LogP contribution < -0.4 is 0 Å². The first-order valence-electron chi connectivity index (χ1n) is 9.87. The van der Waals surface area contributed by atoms with Crippen molar-refractivity contribution in [2.24, 2.45) is 11.8 Å². The van der Waals surface area contributed by atoms with Gasteiger partial charge in [0.25, 0.3) is 5.91 Å². The zero-order valence-corrected chi connectivity index (χ0v) is 16.1. The van der Waals surface area contributed by atoms with E-state index >= 15 is 0 Å². The number of aromatic nitrogens is 3. The summed E-state index contributed by atoms with van der Waals surface area (Å²) < 4.78 is 1.83. The number of fused-ring (bicyclic) bond motifs is 1. The van der Waals surface area contributed by atoms with Crippen LogP contribution in [-0.4, -0.2) is 62.3 Å². The number of aryl methyl sites for hydroxylation is 1. The van der Waals surface area contributed by atoms with E-state index in [1.807, 2.05) is 28.5 Å². The van der Waals surface area contributed by atoms with Crippen molar-refractivity contribution < 1.29 is 4.79 Å². The predicted octanol–water partition coefficient (Wildman–Crippen LogP) is 2.62. The standard InChI is InChI=1S/C20H29N5O/c1-14(2)17-13-24(10-5-9-23(17)12-16-6-7-16)19(26)18-15(3)22-20-21-8-4-11-25(18)20/h4,8,11,14,16-17H,5-7,9-10,12-13H2,1-3H3. The molecule has 6 heteroatoms. The number of imidazole rings is 1. The van der Waals surface area contributed by atoms with Gasteiger partial charge in [-0.25, -0.2) is 9.97 Å². The van der Waals surface area contributed by atoms with Crippen LogP contribution in [0.5, 0.6) is 0 Å². The molecule has 0 N–H and O–H groups in total. The van der Waals surface area contributed by atoms with E-state index in [0.29, 0.717) is 23.4 Å². The molecule has 1 aliphatic heterocycles. The van der Waals surface area contributed by atoms with Crippen molar-refractivity contribution >= 4 is 11.7 Å². The maximum absolute atomic E-state index is 13.4. The van der Waals surface area contributed by atoms with Gasteiger partial charge >= 0.3 is 0 Å². The monoisotopic (exact) mass is 355 g/mol. The van der Waals surface area contributed by atoms with Gasteiger partial charge in [0.15, 0.2) is 0 Å². The number of nitrogens with zero attached hydrogens (tertiary/aromatic N) is 5. The lowest BCUT2D eigenvalue weighted by atomic mass is 10.0. The summed E-state index contributed by atoms with van der Waals surface area (Å²) in [4.78, 5) is 26.8. The Hall–Kier alpha value is -1.95. The Kier molecular flexibility index (Phi) is 4.69. The number of rotatable bonds is 4. The molecule has 1 saturated heterocycles. The van der Waals surface area contributed by atoms with Crippen molar-refractivity contribution in [3.8, 4) is 0 Å². The van der Waals surface area contributed by atoms with Crippen LogP contribution in [-0.2, 0) is 0 Å². The van der Waals surface area contributed by atoms with Crippen LogP contribution in [0.3, 0.4) is 0 Å². The van der Waals surface area contributed by atoms with Crippen molar-refractivity contribution in [1.29, 1.82) is 0 Å². The van der Waals surface area contributed by atoms with E-state index in [4.69, 9.17) is 0 Å². The molecule has 2 aromatic rings. The van der Waals surface area contributed by atoms with E-state index in [1.165, 1.54) is 19.4 Å². The molecule has 2 fully saturated rings. The number of hydrogen-bond donors (Lipinski definition) is 0. The van der Waals surface area contributed by atoms with Crippen LogP contribution in [0.25, 0.3) is 5.78 Å². The predicted molar refractivity (Wildman–Crippen MR) is 101 cm³/mol. The summed E-state index contributed by atoms with van der Waals surface area (Å²) in [7, 11) is 0. The molecule has 0 radical (unpaired) electrons. The van der Waals surface area contributed by atoms with Crippen LogP contribution in [0, 0.1) is 18.8 Å².